The van der Waals surface area contributed by atoms with Crippen molar-refractivity contribution >= 4 is 45.7 Å². The summed E-state index contributed by atoms with van der Waals surface area (Å²) < 4.78 is 81.1. The maximum atomic E-state index is 13.6. The zero-order valence-electron chi connectivity index (χ0n) is 22.0. The number of nitrogens with two attached hydrogens (primary N) is 1. The van der Waals surface area contributed by atoms with Gasteiger partial charge in [0.05, 0.1) is 40.3 Å². The number of amidine groups is 1. The predicted octanol–water partition coefficient (Wildman–Crippen LogP) is 4.63. The van der Waals surface area contributed by atoms with Gasteiger partial charge in [0, 0.05) is 24.5 Å². The van der Waals surface area contributed by atoms with Crippen LogP contribution in [-0.2, 0) is 28.5 Å². The maximum Gasteiger partial charge on any atom is 0.416 e. The van der Waals surface area contributed by atoms with Crippen LogP contribution in [0.5, 0.6) is 0 Å². The summed E-state index contributed by atoms with van der Waals surface area (Å²) in [6, 6.07) is 6.07. The number of amides is 2. The molecule has 0 spiro atoms. The first-order chi connectivity index (χ1) is 19.7. The summed E-state index contributed by atoms with van der Waals surface area (Å²) in [6.07, 6.45) is -6.06. The molecule has 1 saturated heterocycles. The van der Waals surface area contributed by atoms with Gasteiger partial charge >= 0.3 is 12.4 Å². The van der Waals surface area contributed by atoms with Gasteiger partial charge in [-0.1, -0.05) is 12.1 Å². The lowest BCUT2D eigenvalue weighted by Gasteiger charge is -2.19. The Kier molecular flexibility index (Phi) is 7.83. The van der Waals surface area contributed by atoms with Gasteiger partial charge in [-0.2, -0.15) is 36.4 Å². The lowest BCUT2D eigenvalue weighted by molar-refractivity contribution is -0.143. The molecule has 3 aromatic rings. The standard InChI is InChI=1S/C27H24F6N6O2S/c1-14(23(34)40)36-19-6-7-38(13-19)25-37-24(41)22(42-25)9-15-2-5-21-17(8-15)11-35-39(21)12-16-3-4-18(26(28,29)30)10-20(16)27(31,32)33/h2-5,8-11,14,19,36H,6-7,12-13H2,1H3,(H2,34,40)/t14?,19-/m0/s1. The third-order valence-corrected chi connectivity index (χ3v) is 8.05. The minimum absolute atomic E-state index is 0.0210. The lowest BCUT2D eigenvalue weighted by atomic mass is 10.0. The van der Waals surface area contributed by atoms with Gasteiger partial charge in [-0.05, 0) is 66.6 Å². The third-order valence-electron chi connectivity index (χ3n) is 7.01. The molecule has 15 heteroatoms. The highest BCUT2D eigenvalue weighted by atomic mass is 32.2. The Labute approximate surface area is 239 Å². The molecule has 1 unspecified atom stereocenters. The normalized spacial score (nSPS) is 19.6. The van der Waals surface area contributed by atoms with E-state index < -0.39 is 47.9 Å². The largest absolute Gasteiger partial charge is 0.416 e. The number of alkyl halides is 6. The summed E-state index contributed by atoms with van der Waals surface area (Å²) in [5.74, 6) is -0.857. The molecule has 8 nitrogen and oxygen atoms in total. The molecular weight excluding hydrogens is 586 g/mol. The van der Waals surface area contributed by atoms with Crippen LogP contribution in [-0.4, -0.2) is 56.8 Å². The Hall–Kier alpha value is -3.85. The number of nitrogens with zero attached hydrogens (tertiary/aromatic N) is 4. The monoisotopic (exact) mass is 610 g/mol. The van der Waals surface area contributed by atoms with Crippen molar-refractivity contribution in [2.45, 2.75) is 44.3 Å². The van der Waals surface area contributed by atoms with E-state index >= 15 is 0 Å². The van der Waals surface area contributed by atoms with Crippen LogP contribution in [0.4, 0.5) is 26.3 Å². The van der Waals surface area contributed by atoms with E-state index in [4.69, 9.17) is 5.73 Å². The molecule has 3 N–H and O–H groups in total. The van der Waals surface area contributed by atoms with Crippen molar-refractivity contribution in [3.63, 3.8) is 0 Å². The molecule has 42 heavy (non-hydrogen) atoms. The molecule has 2 aromatic carbocycles. The predicted molar refractivity (Wildman–Crippen MR) is 145 cm³/mol. The van der Waals surface area contributed by atoms with Crippen molar-refractivity contribution in [3.8, 4) is 0 Å². The molecular formula is C27H24F6N6O2S. The topological polar surface area (TPSA) is 106 Å². The second kappa shape index (κ2) is 11.1. The van der Waals surface area contributed by atoms with Crippen LogP contribution < -0.4 is 11.1 Å². The van der Waals surface area contributed by atoms with E-state index in [2.05, 4.69) is 15.4 Å². The molecule has 1 fully saturated rings. The third kappa shape index (κ3) is 6.31. The van der Waals surface area contributed by atoms with Gasteiger partial charge in [-0.15, -0.1) is 0 Å². The first-order valence-corrected chi connectivity index (χ1v) is 13.6. The van der Waals surface area contributed by atoms with Gasteiger partial charge in [-0.25, -0.2) is 0 Å². The number of aromatic nitrogens is 2. The van der Waals surface area contributed by atoms with Crippen molar-refractivity contribution in [2.75, 3.05) is 13.1 Å². The minimum Gasteiger partial charge on any atom is -0.368 e. The maximum absolute atomic E-state index is 13.6. The number of likely N-dealkylation sites (tertiary alicyclic amines) is 1. The fourth-order valence-corrected chi connectivity index (χ4v) is 5.78. The van der Waals surface area contributed by atoms with E-state index in [-0.39, 0.29) is 17.7 Å². The number of carbonyl (C=O) groups is 2. The van der Waals surface area contributed by atoms with Crippen LogP contribution in [0.3, 0.4) is 0 Å². The SMILES string of the molecule is CC(N[C@H]1CCN(C2=NC(=O)C(=Cc3ccc4c(cnn4Cc4ccc(C(F)(F)F)cc4C(F)(F)F)c3)S2)C1)C(N)=O. The molecule has 222 valence electrons. The molecule has 2 aliphatic heterocycles. The zero-order chi connectivity index (χ0) is 30.4. The second-order valence-corrected chi connectivity index (χ2v) is 11.0. The summed E-state index contributed by atoms with van der Waals surface area (Å²) in [5, 5.41) is 8.42. The second-order valence-electron chi connectivity index (χ2n) is 10.0. The highest BCUT2D eigenvalue weighted by molar-refractivity contribution is 8.18. The summed E-state index contributed by atoms with van der Waals surface area (Å²) in [6.45, 7) is 2.50. The van der Waals surface area contributed by atoms with Gasteiger partial charge in [0.1, 0.15) is 0 Å². The van der Waals surface area contributed by atoms with E-state index in [1.165, 1.54) is 22.6 Å². The van der Waals surface area contributed by atoms with Crippen molar-refractivity contribution in [2.24, 2.45) is 10.7 Å². The van der Waals surface area contributed by atoms with E-state index in [0.717, 1.165) is 12.5 Å². The Morgan fingerprint density at radius 3 is 2.62 bits per heavy atom. The first-order valence-electron chi connectivity index (χ1n) is 12.7. The molecule has 2 atom stereocenters. The van der Waals surface area contributed by atoms with E-state index in [1.807, 2.05) is 4.90 Å². The molecule has 2 amide bonds. The van der Waals surface area contributed by atoms with Crippen molar-refractivity contribution in [1.82, 2.24) is 20.0 Å². The Balaban J connectivity index is 1.31. The highest BCUT2D eigenvalue weighted by Gasteiger charge is 2.38. The number of carbonyl (C=O) groups excluding carboxylic acids is 2. The van der Waals surface area contributed by atoms with E-state index in [1.54, 1.807) is 31.2 Å². The molecule has 0 aliphatic carbocycles. The Morgan fingerprint density at radius 1 is 1.17 bits per heavy atom. The van der Waals surface area contributed by atoms with Gasteiger partial charge in [0.2, 0.25) is 5.91 Å². The number of thioether (sulfide) groups is 1. The first kappa shape index (κ1) is 29.6. The average Bonchev–Trinajstić information content (AvgIpc) is 3.62. The Bertz CT molecular complexity index is 1610. The molecule has 5 rings (SSSR count). The summed E-state index contributed by atoms with van der Waals surface area (Å²) in [4.78, 5) is 30.4. The quantitative estimate of drug-likeness (QED) is 0.312. The van der Waals surface area contributed by atoms with Gasteiger partial charge in [0.25, 0.3) is 5.91 Å². The van der Waals surface area contributed by atoms with Gasteiger partial charge < -0.3 is 16.0 Å². The minimum atomic E-state index is -4.99. The molecule has 0 radical (unpaired) electrons. The molecule has 2 aliphatic rings. The number of primary amides is 1. The van der Waals surface area contributed by atoms with Crippen LogP contribution in [0.15, 0.2) is 52.5 Å². The van der Waals surface area contributed by atoms with E-state index in [9.17, 15) is 35.9 Å². The summed E-state index contributed by atoms with van der Waals surface area (Å²) in [7, 11) is 0. The number of hydrogen-bond acceptors (Lipinski definition) is 6. The highest BCUT2D eigenvalue weighted by Crippen LogP contribution is 2.38. The Morgan fingerprint density at radius 2 is 1.93 bits per heavy atom. The molecule has 3 heterocycles. The number of fused-ring (bicyclic) bond motifs is 1. The number of halogens is 6. The van der Waals surface area contributed by atoms with Crippen LogP contribution in [0.2, 0.25) is 0 Å². The summed E-state index contributed by atoms with van der Waals surface area (Å²) >= 11 is 1.22. The fraction of sp³-hybridized carbons (Fsp3) is 0.333. The van der Waals surface area contributed by atoms with Crippen molar-refractivity contribution in [1.29, 1.82) is 0 Å². The van der Waals surface area contributed by atoms with E-state index in [0.29, 0.717) is 45.7 Å². The number of benzene rings is 2. The number of hydrogen-bond donors (Lipinski definition) is 2. The van der Waals surface area contributed by atoms with Gasteiger partial charge in [0.15, 0.2) is 5.17 Å². The average molecular weight is 611 g/mol. The zero-order valence-corrected chi connectivity index (χ0v) is 22.8. The molecule has 0 bridgehead atoms. The van der Waals surface area contributed by atoms with Crippen molar-refractivity contribution in [3.05, 3.63) is 69.8 Å². The molecule has 1 aromatic heterocycles. The number of rotatable bonds is 6. The van der Waals surface area contributed by atoms with Crippen LogP contribution >= 0.6 is 11.8 Å². The van der Waals surface area contributed by atoms with Crippen LogP contribution in [0.1, 0.15) is 35.6 Å². The number of aliphatic imine (C=N–C) groups is 1. The molecule has 0 saturated carbocycles. The van der Waals surface area contributed by atoms with Crippen LogP contribution in [0.25, 0.3) is 17.0 Å². The fourth-order valence-electron chi connectivity index (χ4n) is 4.83. The lowest BCUT2D eigenvalue weighted by Crippen LogP contribution is -2.45. The van der Waals surface area contributed by atoms with Crippen molar-refractivity contribution < 1.29 is 35.9 Å². The van der Waals surface area contributed by atoms with Crippen LogP contribution in [0, 0.1) is 0 Å². The smallest absolute Gasteiger partial charge is 0.368 e. The number of nitrogens with one attached hydrogen (secondary N) is 1. The van der Waals surface area contributed by atoms with Gasteiger partial charge in [-0.3, -0.25) is 14.3 Å². The summed E-state index contributed by atoms with van der Waals surface area (Å²) in [5.41, 5.74) is 3.30.